The Morgan fingerprint density at radius 3 is 2.71 bits per heavy atom. The minimum atomic E-state index is -0.0317. The van der Waals surface area contributed by atoms with Crippen LogP contribution in [0.1, 0.15) is 41.4 Å². The molecule has 1 saturated heterocycles. The summed E-state index contributed by atoms with van der Waals surface area (Å²) >= 11 is 0. The first-order chi connectivity index (χ1) is 15.1. The standard InChI is InChI=1S/C23H24N6O2/c1-16-7-8-17(13-20-22(31-2)18(14-24)9-10-25-20)15-28(16)23(30)19-5-3-4-6-21(19)29-26-11-12-27-29/h3-6,9-12,16-17H,7-8,13,15H2,1-2H3/t16-,17+/m1/s1. The van der Waals surface area contributed by atoms with Crippen LogP contribution in [-0.2, 0) is 6.42 Å². The summed E-state index contributed by atoms with van der Waals surface area (Å²) in [7, 11) is 1.56. The number of methoxy groups -OCH3 is 1. The van der Waals surface area contributed by atoms with Crippen LogP contribution >= 0.6 is 0 Å². The number of carbonyl (C=O) groups is 1. The van der Waals surface area contributed by atoms with Crippen molar-refractivity contribution in [2.24, 2.45) is 5.92 Å². The van der Waals surface area contributed by atoms with E-state index in [2.05, 4.69) is 28.2 Å². The second-order valence-electron chi connectivity index (χ2n) is 7.74. The van der Waals surface area contributed by atoms with Crippen LogP contribution in [0, 0.1) is 17.2 Å². The van der Waals surface area contributed by atoms with Crippen molar-refractivity contribution in [3.05, 3.63) is 65.7 Å². The van der Waals surface area contributed by atoms with Crippen LogP contribution in [0.5, 0.6) is 5.75 Å². The molecule has 0 N–H and O–H groups in total. The van der Waals surface area contributed by atoms with Gasteiger partial charge in [0.25, 0.3) is 5.91 Å². The zero-order valence-corrected chi connectivity index (χ0v) is 17.6. The summed E-state index contributed by atoms with van der Waals surface area (Å²) in [6.45, 7) is 2.69. The lowest BCUT2D eigenvalue weighted by atomic mass is 9.88. The molecular weight excluding hydrogens is 392 g/mol. The molecule has 3 aromatic rings. The quantitative estimate of drug-likeness (QED) is 0.634. The first-order valence-electron chi connectivity index (χ1n) is 10.3. The van der Waals surface area contributed by atoms with Crippen molar-refractivity contribution >= 4 is 5.91 Å². The molecule has 31 heavy (non-hydrogen) atoms. The number of amides is 1. The molecule has 0 saturated carbocycles. The van der Waals surface area contributed by atoms with Gasteiger partial charge in [-0.05, 0) is 50.3 Å². The van der Waals surface area contributed by atoms with Crippen molar-refractivity contribution in [1.29, 1.82) is 5.26 Å². The molecule has 8 nitrogen and oxygen atoms in total. The summed E-state index contributed by atoms with van der Waals surface area (Å²) in [5, 5.41) is 17.7. The van der Waals surface area contributed by atoms with E-state index in [1.807, 2.05) is 29.2 Å². The highest BCUT2D eigenvalue weighted by Gasteiger charge is 2.32. The number of carbonyl (C=O) groups excluding carboxylic acids is 1. The fourth-order valence-corrected chi connectivity index (χ4v) is 4.18. The normalized spacial score (nSPS) is 18.4. The second kappa shape index (κ2) is 8.96. The molecule has 2 atom stereocenters. The summed E-state index contributed by atoms with van der Waals surface area (Å²) in [5.41, 5.74) is 2.48. The summed E-state index contributed by atoms with van der Waals surface area (Å²) in [5.74, 6) is 0.720. The number of hydrogen-bond acceptors (Lipinski definition) is 6. The molecule has 3 heterocycles. The minimum absolute atomic E-state index is 0.0317. The molecule has 2 aromatic heterocycles. The van der Waals surface area contributed by atoms with Gasteiger partial charge in [0.2, 0.25) is 0 Å². The third-order valence-electron chi connectivity index (χ3n) is 5.79. The molecular formula is C23H24N6O2. The summed E-state index contributed by atoms with van der Waals surface area (Å²) < 4.78 is 5.45. The maximum absolute atomic E-state index is 13.5. The largest absolute Gasteiger partial charge is 0.493 e. The minimum Gasteiger partial charge on any atom is -0.493 e. The Bertz CT molecular complexity index is 1110. The van der Waals surface area contributed by atoms with Crippen molar-refractivity contribution in [3.8, 4) is 17.5 Å². The highest BCUT2D eigenvalue weighted by Crippen LogP contribution is 2.30. The summed E-state index contributed by atoms with van der Waals surface area (Å²) in [4.78, 5) is 21.4. The van der Waals surface area contributed by atoms with E-state index in [1.54, 1.807) is 31.8 Å². The summed E-state index contributed by atoms with van der Waals surface area (Å²) in [6, 6.07) is 11.3. The Morgan fingerprint density at radius 2 is 1.97 bits per heavy atom. The predicted molar refractivity (Wildman–Crippen MR) is 114 cm³/mol. The van der Waals surface area contributed by atoms with Gasteiger partial charge < -0.3 is 9.64 Å². The molecule has 0 spiro atoms. The molecule has 8 heteroatoms. The Balaban J connectivity index is 1.57. The maximum Gasteiger partial charge on any atom is 0.256 e. The van der Waals surface area contributed by atoms with Gasteiger partial charge >= 0.3 is 0 Å². The molecule has 0 bridgehead atoms. The van der Waals surface area contributed by atoms with E-state index in [1.165, 1.54) is 4.80 Å². The van der Waals surface area contributed by atoms with E-state index in [4.69, 9.17) is 4.74 Å². The lowest BCUT2D eigenvalue weighted by molar-refractivity contribution is 0.0558. The van der Waals surface area contributed by atoms with E-state index in [0.717, 1.165) is 18.5 Å². The zero-order chi connectivity index (χ0) is 21.8. The third kappa shape index (κ3) is 4.12. The van der Waals surface area contributed by atoms with Crippen LogP contribution in [0.2, 0.25) is 0 Å². The van der Waals surface area contributed by atoms with Crippen molar-refractivity contribution < 1.29 is 9.53 Å². The molecule has 0 unspecified atom stereocenters. The number of para-hydroxylation sites is 1. The number of likely N-dealkylation sites (tertiary alicyclic amines) is 1. The Hall–Kier alpha value is -3.73. The number of hydrogen-bond donors (Lipinski definition) is 0. The van der Waals surface area contributed by atoms with Crippen LogP contribution in [-0.4, -0.2) is 50.5 Å². The molecule has 1 aliphatic heterocycles. The molecule has 1 amide bonds. The number of pyridine rings is 1. The lowest BCUT2D eigenvalue weighted by Gasteiger charge is -2.38. The van der Waals surface area contributed by atoms with Gasteiger partial charge in [-0.15, -0.1) is 0 Å². The van der Waals surface area contributed by atoms with Crippen LogP contribution in [0.4, 0.5) is 0 Å². The van der Waals surface area contributed by atoms with E-state index in [0.29, 0.717) is 35.5 Å². The predicted octanol–water partition coefficient (Wildman–Crippen LogP) is 3.03. The lowest BCUT2D eigenvalue weighted by Crippen LogP contribution is -2.46. The van der Waals surface area contributed by atoms with Gasteiger partial charge in [-0.25, -0.2) is 0 Å². The number of nitriles is 1. The fourth-order valence-electron chi connectivity index (χ4n) is 4.18. The number of piperidine rings is 1. The first-order valence-corrected chi connectivity index (χ1v) is 10.3. The number of aromatic nitrogens is 4. The molecule has 0 radical (unpaired) electrons. The first kappa shape index (κ1) is 20.5. The SMILES string of the molecule is COc1c(C#N)ccnc1C[C@@H]1CC[C@@H](C)N(C(=O)c2ccccc2-n2nccn2)C1. The van der Waals surface area contributed by atoms with Crippen LogP contribution in [0.3, 0.4) is 0 Å². The average molecular weight is 416 g/mol. The van der Waals surface area contributed by atoms with Gasteiger partial charge in [0.15, 0.2) is 5.75 Å². The molecule has 4 rings (SSSR count). The molecule has 158 valence electrons. The van der Waals surface area contributed by atoms with Crippen molar-refractivity contribution in [3.63, 3.8) is 0 Å². The third-order valence-corrected chi connectivity index (χ3v) is 5.79. The molecule has 1 aliphatic rings. The van der Waals surface area contributed by atoms with E-state index in [9.17, 15) is 10.1 Å². The smallest absolute Gasteiger partial charge is 0.256 e. The van der Waals surface area contributed by atoms with Gasteiger partial charge in [-0.1, -0.05) is 12.1 Å². The van der Waals surface area contributed by atoms with Crippen molar-refractivity contribution in [2.45, 2.75) is 32.2 Å². The molecule has 1 aromatic carbocycles. The Labute approximate surface area is 181 Å². The van der Waals surface area contributed by atoms with E-state index in [-0.39, 0.29) is 17.9 Å². The topological polar surface area (TPSA) is 96.9 Å². The maximum atomic E-state index is 13.5. The van der Waals surface area contributed by atoms with Gasteiger partial charge in [-0.2, -0.15) is 20.3 Å². The van der Waals surface area contributed by atoms with E-state index >= 15 is 0 Å². The number of ether oxygens (including phenoxy) is 1. The highest BCUT2D eigenvalue weighted by molar-refractivity contribution is 5.98. The van der Waals surface area contributed by atoms with Crippen LogP contribution in [0.25, 0.3) is 5.69 Å². The molecule has 1 fully saturated rings. The average Bonchev–Trinajstić information content (AvgIpc) is 3.34. The van der Waals surface area contributed by atoms with E-state index < -0.39 is 0 Å². The number of benzene rings is 1. The van der Waals surface area contributed by atoms with Crippen LogP contribution in [0.15, 0.2) is 48.9 Å². The van der Waals surface area contributed by atoms with Crippen molar-refractivity contribution in [1.82, 2.24) is 24.9 Å². The second-order valence-corrected chi connectivity index (χ2v) is 7.74. The number of nitrogens with zero attached hydrogens (tertiary/aromatic N) is 6. The van der Waals surface area contributed by atoms with Crippen LogP contribution < -0.4 is 4.74 Å². The zero-order valence-electron chi connectivity index (χ0n) is 17.6. The van der Waals surface area contributed by atoms with Gasteiger partial charge in [0, 0.05) is 18.8 Å². The molecule has 0 aliphatic carbocycles. The Morgan fingerprint density at radius 1 is 1.19 bits per heavy atom. The van der Waals surface area contributed by atoms with Gasteiger partial charge in [-0.3, -0.25) is 9.78 Å². The van der Waals surface area contributed by atoms with Gasteiger partial charge in [0.1, 0.15) is 6.07 Å². The number of rotatable bonds is 5. The summed E-state index contributed by atoms with van der Waals surface area (Å²) in [6.07, 6.45) is 7.36. The highest BCUT2D eigenvalue weighted by atomic mass is 16.5. The Kier molecular flexibility index (Phi) is 5.94. The van der Waals surface area contributed by atoms with Gasteiger partial charge in [0.05, 0.1) is 42.0 Å². The van der Waals surface area contributed by atoms with Crippen molar-refractivity contribution in [2.75, 3.05) is 13.7 Å². The monoisotopic (exact) mass is 416 g/mol. The fraction of sp³-hybridized carbons (Fsp3) is 0.348.